The summed E-state index contributed by atoms with van der Waals surface area (Å²) in [5.41, 5.74) is 5.44. The minimum atomic E-state index is -0.147. The Balaban J connectivity index is 1.28. The number of amides is 1. The maximum absolute atomic E-state index is 12.8. The molecule has 5 rings (SSSR count). The predicted octanol–water partition coefficient (Wildman–Crippen LogP) is 6.57. The molecule has 0 aliphatic heterocycles. The number of thiazole rings is 1. The van der Waals surface area contributed by atoms with Crippen molar-refractivity contribution in [3.63, 3.8) is 0 Å². The van der Waals surface area contributed by atoms with Gasteiger partial charge in [0, 0.05) is 25.9 Å². The summed E-state index contributed by atoms with van der Waals surface area (Å²) in [5.74, 6) is 0.613. The normalized spacial score (nSPS) is 11.1. The Bertz CT molecular complexity index is 1400. The molecule has 0 saturated carbocycles. The molecule has 9 heteroatoms. The molecule has 0 fully saturated rings. The van der Waals surface area contributed by atoms with Crippen LogP contribution in [0.3, 0.4) is 0 Å². The Morgan fingerprint density at radius 1 is 1.12 bits per heavy atom. The van der Waals surface area contributed by atoms with Crippen LogP contribution >= 0.6 is 34.3 Å². The summed E-state index contributed by atoms with van der Waals surface area (Å²) >= 11 is 9.03. The molecule has 0 spiro atoms. The molecule has 0 aliphatic carbocycles. The fraction of sp³-hybridized carbons (Fsp3) is 0.0870. The van der Waals surface area contributed by atoms with Crippen molar-refractivity contribution >= 4 is 62.6 Å². The van der Waals surface area contributed by atoms with Crippen LogP contribution < -0.4 is 10.6 Å². The van der Waals surface area contributed by atoms with Crippen LogP contribution in [0, 0.1) is 6.92 Å². The molecular formula is C23H18ClN5OS2. The van der Waals surface area contributed by atoms with Crippen LogP contribution in [-0.2, 0) is 6.54 Å². The second-order valence-electron chi connectivity index (χ2n) is 7.17. The lowest BCUT2D eigenvalue weighted by atomic mass is 10.2. The number of carbonyl (C=O) groups is 1. The van der Waals surface area contributed by atoms with E-state index in [1.165, 1.54) is 16.2 Å². The smallest absolute Gasteiger partial charge is 0.265 e. The highest BCUT2D eigenvalue weighted by Crippen LogP contribution is 2.30. The third-order valence-corrected chi connectivity index (χ3v) is 7.23. The standard InChI is InChI=1S/C23H18ClN5OS2/c1-13-19(26-12-31-13)11-25-22-17-7-6-16(10-18(17)28-29-22)27-23(30)21-9-8-20(32-21)14-2-4-15(24)5-3-14/h2-10,12H,11H2,1H3,(H,27,30)(H2,25,28,29). The number of benzene rings is 2. The molecule has 3 N–H and O–H groups in total. The van der Waals surface area contributed by atoms with Gasteiger partial charge in [-0.3, -0.25) is 9.89 Å². The Morgan fingerprint density at radius 3 is 2.75 bits per heavy atom. The van der Waals surface area contributed by atoms with Gasteiger partial charge in [0.25, 0.3) is 5.91 Å². The minimum Gasteiger partial charge on any atom is -0.362 e. The molecule has 0 radical (unpaired) electrons. The van der Waals surface area contributed by atoms with Crippen molar-refractivity contribution in [3.8, 4) is 10.4 Å². The van der Waals surface area contributed by atoms with Gasteiger partial charge in [0.2, 0.25) is 0 Å². The Kier molecular flexibility index (Phi) is 5.65. The van der Waals surface area contributed by atoms with E-state index in [4.69, 9.17) is 11.6 Å². The largest absolute Gasteiger partial charge is 0.362 e. The number of halogens is 1. The van der Waals surface area contributed by atoms with Gasteiger partial charge in [-0.2, -0.15) is 5.10 Å². The van der Waals surface area contributed by atoms with Crippen LogP contribution in [0.25, 0.3) is 21.3 Å². The van der Waals surface area contributed by atoms with Crippen LogP contribution in [0.1, 0.15) is 20.2 Å². The van der Waals surface area contributed by atoms with Crippen LogP contribution in [0.4, 0.5) is 11.5 Å². The first-order valence-corrected chi connectivity index (χ1v) is 11.9. The van der Waals surface area contributed by atoms with Crippen molar-refractivity contribution in [2.24, 2.45) is 0 Å². The highest BCUT2D eigenvalue weighted by atomic mass is 35.5. The van der Waals surface area contributed by atoms with Crippen molar-refractivity contribution in [3.05, 3.63) is 80.6 Å². The number of aromatic nitrogens is 3. The molecular weight excluding hydrogens is 462 g/mol. The number of rotatable bonds is 6. The van der Waals surface area contributed by atoms with Crippen molar-refractivity contribution in [1.29, 1.82) is 0 Å². The van der Waals surface area contributed by atoms with Gasteiger partial charge >= 0.3 is 0 Å². The molecule has 32 heavy (non-hydrogen) atoms. The van der Waals surface area contributed by atoms with Crippen molar-refractivity contribution < 1.29 is 4.79 Å². The van der Waals surface area contributed by atoms with Gasteiger partial charge in [0.1, 0.15) is 0 Å². The molecule has 0 bridgehead atoms. The average Bonchev–Trinajstić information content (AvgIpc) is 3.53. The van der Waals surface area contributed by atoms with Crippen LogP contribution in [-0.4, -0.2) is 21.1 Å². The summed E-state index contributed by atoms with van der Waals surface area (Å²) in [7, 11) is 0. The number of aromatic amines is 1. The van der Waals surface area contributed by atoms with Crippen LogP contribution in [0.15, 0.2) is 60.1 Å². The number of fused-ring (bicyclic) bond motifs is 1. The van der Waals surface area contributed by atoms with Gasteiger partial charge in [0.15, 0.2) is 5.82 Å². The lowest BCUT2D eigenvalue weighted by Gasteiger charge is -2.05. The summed E-state index contributed by atoms with van der Waals surface area (Å²) < 4.78 is 0. The predicted molar refractivity (Wildman–Crippen MR) is 133 cm³/mol. The zero-order valence-electron chi connectivity index (χ0n) is 17.0. The van der Waals surface area contributed by atoms with E-state index in [9.17, 15) is 4.79 Å². The summed E-state index contributed by atoms with van der Waals surface area (Å²) in [6, 6.07) is 17.1. The first-order chi connectivity index (χ1) is 15.6. The molecule has 0 unspecified atom stereocenters. The SMILES string of the molecule is Cc1scnc1CNc1n[nH]c2cc(NC(=O)c3ccc(-c4ccc(Cl)cc4)s3)ccc12. The van der Waals surface area contributed by atoms with E-state index in [0.717, 1.165) is 32.9 Å². The Morgan fingerprint density at radius 2 is 1.97 bits per heavy atom. The zero-order valence-corrected chi connectivity index (χ0v) is 19.4. The molecule has 0 saturated heterocycles. The quantitative estimate of drug-likeness (QED) is 0.257. The highest BCUT2D eigenvalue weighted by Gasteiger charge is 2.13. The average molecular weight is 480 g/mol. The zero-order chi connectivity index (χ0) is 22.1. The summed E-state index contributed by atoms with van der Waals surface area (Å²) in [6.45, 7) is 2.67. The molecule has 3 aromatic heterocycles. The topological polar surface area (TPSA) is 82.7 Å². The van der Waals surface area contributed by atoms with Crippen LogP contribution in [0.2, 0.25) is 5.02 Å². The Hall–Kier alpha value is -3.20. The fourth-order valence-corrected chi connectivity index (χ4v) is 4.95. The van der Waals surface area contributed by atoms with Gasteiger partial charge in [-0.1, -0.05) is 23.7 Å². The molecule has 6 nitrogen and oxygen atoms in total. The third-order valence-electron chi connectivity index (χ3n) is 5.05. The molecule has 0 atom stereocenters. The van der Waals surface area contributed by atoms with E-state index in [1.54, 1.807) is 11.3 Å². The van der Waals surface area contributed by atoms with Gasteiger partial charge in [0.05, 0.1) is 28.1 Å². The summed E-state index contributed by atoms with van der Waals surface area (Å²) in [5, 5.41) is 15.3. The number of aryl methyl sites for hydroxylation is 1. The fourth-order valence-electron chi connectivity index (χ4n) is 3.32. The number of H-pyrrole nitrogens is 1. The number of nitrogens with zero attached hydrogens (tertiary/aromatic N) is 2. The lowest BCUT2D eigenvalue weighted by molar-refractivity contribution is 0.103. The van der Waals surface area contributed by atoms with E-state index in [0.29, 0.717) is 22.1 Å². The van der Waals surface area contributed by atoms with Gasteiger partial charge in [-0.25, -0.2) is 4.98 Å². The number of hydrogen-bond donors (Lipinski definition) is 3. The maximum atomic E-state index is 12.8. The van der Waals surface area contributed by atoms with Gasteiger partial charge < -0.3 is 10.6 Å². The van der Waals surface area contributed by atoms with Crippen molar-refractivity contribution in [2.45, 2.75) is 13.5 Å². The van der Waals surface area contributed by atoms with Crippen molar-refractivity contribution in [1.82, 2.24) is 15.2 Å². The maximum Gasteiger partial charge on any atom is 0.265 e. The second kappa shape index (κ2) is 8.74. The number of nitrogens with one attached hydrogen (secondary N) is 3. The number of carbonyl (C=O) groups excluding carboxylic acids is 1. The van der Waals surface area contributed by atoms with E-state index >= 15 is 0 Å². The minimum absolute atomic E-state index is 0.147. The molecule has 160 valence electrons. The van der Waals surface area contributed by atoms with Gasteiger partial charge in [-0.05, 0) is 55.0 Å². The third kappa shape index (κ3) is 4.25. The van der Waals surface area contributed by atoms with E-state index in [-0.39, 0.29) is 5.91 Å². The first kappa shape index (κ1) is 20.7. The monoisotopic (exact) mass is 479 g/mol. The number of thiophene rings is 1. The number of anilines is 2. The lowest BCUT2D eigenvalue weighted by Crippen LogP contribution is -2.09. The molecule has 2 aromatic carbocycles. The second-order valence-corrected chi connectivity index (χ2v) is 9.75. The first-order valence-electron chi connectivity index (χ1n) is 9.85. The molecule has 3 heterocycles. The summed E-state index contributed by atoms with van der Waals surface area (Å²) in [6.07, 6.45) is 0. The summed E-state index contributed by atoms with van der Waals surface area (Å²) in [4.78, 5) is 20.0. The molecule has 0 aliphatic rings. The van der Waals surface area contributed by atoms with E-state index < -0.39 is 0 Å². The number of hydrogen-bond acceptors (Lipinski definition) is 6. The highest BCUT2D eigenvalue weighted by molar-refractivity contribution is 7.17. The van der Waals surface area contributed by atoms with E-state index in [2.05, 4.69) is 32.7 Å². The Labute approximate surface area is 197 Å². The van der Waals surface area contributed by atoms with E-state index in [1.807, 2.05) is 60.1 Å². The molecule has 1 amide bonds. The van der Waals surface area contributed by atoms with Gasteiger partial charge in [-0.15, -0.1) is 22.7 Å². The van der Waals surface area contributed by atoms with Crippen molar-refractivity contribution in [2.75, 3.05) is 10.6 Å². The van der Waals surface area contributed by atoms with Crippen LogP contribution in [0.5, 0.6) is 0 Å². The molecule has 5 aromatic rings.